The molecule has 1 saturated heterocycles. The average Bonchev–Trinajstić information content (AvgIpc) is 2.60. The van der Waals surface area contributed by atoms with Crippen molar-refractivity contribution in [1.82, 2.24) is 5.32 Å². The van der Waals surface area contributed by atoms with E-state index in [9.17, 15) is 4.79 Å². The summed E-state index contributed by atoms with van der Waals surface area (Å²) in [4.78, 5) is 12.2. The number of benzene rings is 2. The minimum Gasteiger partial charge on any atom is -0.349 e. The van der Waals surface area contributed by atoms with E-state index in [1.54, 1.807) is 0 Å². The number of hydrogen-bond acceptors (Lipinski definition) is 1. The van der Waals surface area contributed by atoms with Gasteiger partial charge in [-0.25, -0.2) is 0 Å². The Hall–Kier alpha value is -2.13. The van der Waals surface area contributed by atoms with Gasteiger partial charge in [0.15, 0.2) is 0 Å². The molecule has 0 radical (unpaired) electrons. The molecule has 0 spiro atoms. The fourth-order valence-electron chi connectivity index (χ4n) is 3.48. The van der Waals surface area contributed by atoms with Crippen LogP contribution in [-0.4, -0.2) is 20.0 Å². The zero-order valence-corrected chi connectivity index (χ0v) is 15.6. The van der Waals surface area contributed by atoms with E-state index in [0.717, 1.165) is 0 Å². The average molecular weight is 336 g/mol. The summed E-state index contributed by atoms with van der Waals surface area (Å²) in [5, 5.41) is 4.48. The van der Waals surface area contributed by atoms with Crippen LogP contribution in [0, 0.1) is 5.92 Å². The molecule has 1 fully saturated rings. The lowest BCUT2D eigenvalue weighted by Gasteiger charge is -2.44. The predicted molar refractivity (Wildman–Crippen MR) is 104 cm³/mol. The van der Waals surface area contributed by atoms with Gasteiger partial charge in [0.1, 0.15) is 0 Å². The van der Waals surface area contributed by atoms with Crippen molar-refractivity contribution in [3.05, 3.63) is 72.3 Å². The third-order valence-electron chi connectivity index (χ3n) is 5.49. The first kappa shape index (κ1) is 16.7. The molecule has 0 aromatic heterocycles. The number of rotatable bonds is 5. The highest BCUT2D eigenvalue weighted by Crippen LogP contribution is 2.36. The SMILES string of the molecule is C[C@@H]([C@@H]1C(=O)N[C@@H]1/C=C/c1ccccc1)[Si](C)(C)c1ccccc1. The molecule has 124 valence electrons. The first-order chi connectivity index (χ1) is 11.5. The Morgan fingerprint density at radius 3 is 2.17 bits per heavy atom. The van der Waals surface area contributed by atoms with E-state index in [4.69, 9.17) is 0 Å². The maximum Gasteiger partial charge on any atom is 0.225 e. The molecule has 1 amide bonds. The Morgan fingerprint density at radius 1 is 1.00 bits per heavy atom. The molecule has 0 bridgehead atoms. The molecule has 0 unspecified atom stereocenters. The number of nitrogens with one attached hydrogen (secondary N) is 1. The fraction of sp³-hybridized carbons (Fsp3) is 0.286. The molecule has 24 heavy (non-hydrogen) atoms. The third-order valence-corrected chi connectivity index (χ3v) is 9.95. The highest BCUT2D eigenvalue weighted by molar-refractivity contribution is 6.91. The Balaban J connectivity index is 1.77. The third kappa shape index (κ3) is 3.22. The van der Waals surface area contributed by atoms with Gasteiger partial charge in [0.05, 0.1) is 20.0 Å². The second-order valence-corrected chi connectivity index (χ2v) is 12.1. The van der Waals surface area contributed by atoms with Crippen molar-refractivity contribution in [3.8, 4) is 0 Å². The first-order valence-electron chi connectivity index (χ1n) is 8.59. The lowest BCUT2D eigenvalue weighted by molar-refractivity contribution is -0.133. The molecule has 2 nitrogen and oxygen atoms in total. The first-order valence-corrected chi connectivity index (χ1v) is 11.7. The number of β-lactam (4-membered cyclic amide) rings is 1. The van der Waals surface area contributed by atoms with E-state index in [2.05, 4.69) is 80.0 Å². The Labute approximate surface area is 145 Å². The van der Waals surface area contributed by atoms with E-state index in [1.807, 2.05) is 18.2 Å². The summed E-state index contributed by atoms with van der Waals surface area (Å²) in [6, 6.07) is 21.1. The molecular weight excluding hydrogens is 310 g/mol. The number of amides is 1. The Bertz CT molecular complexity index is 724. The minimum absolute atomic E-state index is 0.0758. The zero-order chi connectivity index (χ0) is 17.2. The molecule has 1 heterocycles. The van der Waals surface area contributed by atoms with Crippen molar-refractivity contribution in [2.24, 2.45) is 5.92 Å². The lowest BCUT2D eigenvalue weighted by Crippen LogP contribution is -2.63. The van der Waals surface area contributed by atoms with Gasteiger partial charge in [-0.2, -0.15) is 0 Å². The summed E-state index contributed by atoms with van der Waals surface area (Å²) in [5.41, 5.74) is 1.56. The van der Waals surface area contributed by atoms with Gasteiger partial charge in [0, 0.05) is 0 Å². The van der Waals surface area contributed by atoms with Crippen LogP contribution in [0.3, 0.4) is 0 Å². The standard InChI is InChI=1S/C21H25NOSi/c1-16(24(2,3)18-12-8-5-9-13-18)20-19(22-21(20)23)15-14-17-10-6-4-7-11-17/h4-16,19-20H,1-3H3,(H,22,23)/b15-14+/t16-,19+,20-/m0/s1. The fourth-order valence-corrected chi connectivity index (χ4v) is 6.32. The Morgan fingerprint density at radius 2 is 1.58 bits per heavy atom. The van der Waals surface area contributed by atoms with Crippen LogP contribution in [0.2, 0.25) is 18.6 Å². The predicted octanol–water partition coefficient (Wildman–Crippen LogP) is 3.82. The van der Waals surface area contributed by atoms with Crippen LogP contribution in [0.5, 0.6) is 0 Å². The second kappa shape index (κ2) is 6.77. The number of carbonyl (C=O) groups excluding carboxylic acids is 1. The van der Waals surface area contributed by atoms with Crippen molar-refractivity contribution in [2.45, 2.75) is 31.6 Å². The van der Waals surface area contributed by atoms with Gasteiger partial charge in [-0.15, -0.1) is 0 Å². The van der Waals surface area contributed by atoms with Gasteiger partial charge in [0.2, 0.25) is 5.91 Å². The summed E-state index contributed by atoms with van der Waals surface area (Å²) in [6.45, 7) is 7.00. The van der Waals surface area contributed by atoms with Gasteiger partial charge >= 0.3 is 0 Å². The monoisotopic (exact) mass is 335 g/mol. The molecule has 3 atom stereocenters. The molecule has 1 aliphatic rings. The topological polar surface area (TPSA) is 29.1 Å². The van der Waals surface area contributed by atoms with Crippen LogP contribution in [0.15, 0.2) is 66.7 Å². The van der Waals surface area contributed by atoms with Gasteiger partial charge in [0.25, 0.3) is 0 Å². The summed E-state index contributed by atoms with van der Waals surface area (Å²) >= 11 is 0. The van der Waals surface area contributed by atoms with Crippen molar-refractivity contribution in [2.75, 3.05) is 0 Å². The number of carbonyl (C=O) groups is 1. The molecule has 1 aliphatic heterocycles. The normalized spacial score (nSPS) is 22.0. The van der Waals surface area contributed by atoms with Gasteiger partial charge in [-0.3, -0.25) is 4.79 Å². The van der Waals surface area contributed by atoms with E-state index >= 15 is 0 Å². The van der Waals surface area contributed by atoms with Crippen LogP contribution in [0.25, 0.3) is 6.08 Å². The summed E-state index contributed by atoms with van der Waals surface area (Å²) in [6.07, 6.45) is 4.26. The van der Waals surface area contributed by atoms with Crippen LogP contribution in [0.4, 0.5) is 0 Å². The van der Waals surface area contributed by atoms with Crippen LogP contribution >= 0.6 is 0 Å². The van der Waals surface area contributed by atoms with Crippen molar-refractivity contribution < 1.29 is 4.79 Å². The van der Waals surface area contributed by atoms with Gasteiger partial charge in [-0.1, -0.05) is 98.0 Å². The van der Waals surface area contributed by atoms with E-state index < -0.39 is 8.07 Å². The van der Waals surface area contributed by atoms with Crippen molar-refractivity contribution in [3.63, 3.8) is 0 Å². The van der Waals surface area contributed by atoms with Crippen LogP contribution < -0.4 is 10.5 Å². The summed E-state index contributed by atoms with van der Waals surface area (Å²) in [5.74, 6) is 0.272. The second-order valence-electron chi connectivity index (χ2n) is 7.21. The van der Waals surface area contributed by atoms with Gasteiger partial charge in [-0.05, 0) is 11.1 Å². The van der Waals surface area contributed by atoms with E-state index in [1.165, 1.54) is 10.8 Å². The summed E-state index contributed by atoms with van der Waals surface area (Å²) < 4.78 is 0. The summed E-state index contributed by atoms with van der Waals surface area (Å²) in [7, 11) is -1.70. The quantitative estimate of drug-likeness (QED) is 0.653. The molecular formula is C21H25NOSi. The molecule has 0 aliphatic carbocycles. The molecule has 2 aromatic rings. The highest BCUT2D eigenvalue weighted by atomic mass is 28.3. The van der Waals surface area contributed by atoms with Crippen LogP contribution in [-0.2, 0) is 4.79 Å². The molecule has 1 N–H and O–H groups in total. The van der Waals surface area contributed by atoms with Crippen molar-refractivity contribution in [1.29, 1.82) is 0 Å². The molecule has 3 rings (SSSR count). The zero-order valence-electron chi connectivity index (χ0n) is 14.6. The molecule has 3 heteroatoms. The Kier molecular flexibility index (Phi) is 4.72. The van der Waals surface area contributed by atoms with E-state index in [-0.39, 0.29) is 17.9 Å². The number of hydrogen-bond donors (Lipinski definition) is 1. The molecule has 2 aromatic carbocycles. The maximum absolute atomic E-state index is 12.2. The van der Waals surface area contributed by atoms with Crippen molar-refractivity contribution >= 4 is 25.2 Å². The molecule has 0 saturated carbocycles. The largest absolute Gasteiger partial charge is 0.349 e. The van der Waals surface area contributed by atoms with Gasteiger partial charge < -0.3 is 5.32 Å². The smallest absolute Gasteiger partial charge is 0.225 e. The maximum atomic E-state index is 12.2. The highest BCUT2D eigenvalue weighted by Gasteiger charge is 2.47. The van der Waals surface area contributed by atoms with Crippen LogP contribution in [0.1, 0.15) is 12.5 Å². The van der Waals surface area contributed by atoms with E-state index in [0.29, 0.717) is 5.54 Å². The minimum atomic E-state index is -1.70. The lowest BCUT2D eigenvalue weighted by atomic mass is 9.87.